The molecule has 4 heterocycles. The molecule has 7 aromatic rings. The number of Topliss-reactive ketones (excluding diaryl/α,β-unsaturated/α-hetero) is 2. The second kappa shape index (κ2) is 60.1. The fraction of sp³-hybridized carbons (Fsp3) is 0.684. The summed E-state index contributed by atoms with van der Waals surface area (Å²) >= 11 is 28.8. The summed E-state index contributed by atoms with van der Waals surface area (Å²) in [6.07, 6.45) is 21.0. The molecule has 0 saturated heterocycles. The Kier molecular flexibility index (Phi) is 50.5. The molecule has 0 bridgehead atoms. The van der Waals surface area contributed by atoms with E-state index in [-0.39, 0.29) is 57.3 Å². The number of carboxylic acids is 2. The van der Waals surface area contributed by atoms with Crippen LogP contribution in [0.15, 0.2) is 72.7 Å². The van der Waals surface area contributed by atoms with Crippen molar-refractivity contribution in [3.05, 3.63) is 167 Å². The molecular weight excluding hydrogens is 2040 g/mol. The van der Waals surface area contributed by atoms with Crippen LogP contribution < -0.4 is 5.73 Å². The zero-order chi connectivity index (χ0) is 112. The van der Waals surface area contributed by atoms with Crippen molar-refractivity contribution in [3.8, 4) is 0 Å². The van der Waals surface area contributed by atoms with Crippen molar-refractivity contribution in [2.24, 2.45) is 47.3 Å². The molecule has 3 aromatic carbocycles. The number of aromatic nitrogens is 4. The number of anilines is 1. The number of alkyl halides is 7. The zero-order valence-electron chi connectivity index (χ0n) is 93.7. The number of hydrogen-bond acceptors (Lipinski definition) is 24. The van der Waals surface area contributed by atoms with Crippen molar-refractivity contribution in [1.29, 1.82) is 0 Å². The second-order valence-electron chi connectivity index (χ2n) is 47.2. The molecule has 8 saturated carbocycles. The lowest BCUT2D eigenvalue weighted by Crippen LogP contribution is -2.27. The van der Waals surface area contributed by atoms with Crippen LogP contribution in [-0.2, 0) is 79.6 Å². The molecule has 8 aliphatic rings. The number of aryl methyl sites for hydroxylation is 6. The van der Waals surface area contributed by atoms with Crippen LogP contribution in [0, 0.1) is 88.9 Å². The van der Waals surface area contributed by atoms with E-state index in [0.29, 0.717) is 107 Å². The van der Waals surface area contributed by atoms with E-state index in [2.05, 4.69) is 101 Å². The van der Waals surface area contributed by atoms with Gasteiger partial charge in [-0.25, -0.2) is 19.2 Å². The van der Waals surface area contributed by atoms with Crippen molar-refractivity contribution in [2.45, 2.75) is 423 Å². The summed E-state index contributed by atoms with van der Waals surface area (Å²) in [7, 11) is -1.00. The lowest BCUT2D eigenvalue weighted by Gasteiger charge is -2.35. The Bertz CT molecular complexity index is 5410. The van der Waals surface area contributed by atoms with Gasteiger partial charge in [-0.3, -0.25) is 18.8 Å². The van der Waals surface area contributed by atoms with Gasteiger partial charge in [0, 0.05) is 90.3 Å². The quantitative estimate of drug-likeness (QED) is 0.0119. The normalized spacial score (nSPS) is 20.0. The number of carbonyl (C=O) groups is 7. The van der Waals surface area contributed by atoms with Gasteiger partial charge >= 0.3 is 29.8 Å². The smallest absolute Gasteiger partial charge is 0.332 e. The number of ether oxygens (including phenoxy) is 7. The Morgan fingerprint density at radius 3 is 0.867 bits per heavy atom. The average molecular weight is 2220 g/mol. The van der Waals surface area contributed by atoms with Crippen LogP contribution in [-0.4, -0.2) is 143 Å². The number of aliphatic carboxylic acids is 2. The van der Waals surface area contributed by atoms with Crippen LogP contribution in [0.4, 0.5) is 10.1 Å². The van der Waals surface area contributed by atoms with Crippen molar-refractivity contribution < 1.29 is 106 Å². The molecular formula is C117H170Cl6FN5O21. The van der Waals surface area contributed by atoms with E-state index in [0.717, 1.165) is 211 Å². The first kappa shape index (κ1) is 126. The Hall–Kier alpha value is -7.54. The highest BCUT2D eigenvalue weighted by atomic mass is 35.6. The summed E-state index contributed by atoms with van der Waals surface area (Å²) in [6, 6.07) is 18.3. The third-order valence-corrected chi connectivity index (χ3v) is 27.6. The lowest BCUT2D eigenvalue weighted by atomic mass is 9.69. The zero-order valence-corrected chi connectivity index (χ0v) is 97.3. The predicted octanol–water partition coefficient (Wildman–Crippen LogP) is 29.6. The highest BCUT2D eigenvalue weighted by Gasteiger charge is 2.48. The van der Waals surface area contributed by atoms with Crippen molar-refractivity contribution in [1.82, 2.24) is 20.6 Å². The molecule has 8 aliphatic carbocycles. The number of benzene rings is 3. The van der Waals surface area contributed by atoms with Gasteiger partial charge in [0.1, 0.15) is 125 Å². The number of nitrogens with zero attached hydrogens (tertiary/aromatic N) is 4. The average Bonchev–Trinajstić information content (AvgIpc) is 1.62. The Morgan fingerprint density at radius 1 is 0.393 bits per heavy atom. The number of esters is 3. The molecule has 0 spiro atoms. The second-order valence-corrected chi connectivity index (χ2v) is 51.1. The highest BCUT2D eigenvalue weighted by molar-refractivity contribution is 6.63. The molecule has 4 unspecified atom stereocenters. The van der Waals surface area contributed by atoms with E-state index in [4.69, 9.17) is 128 Å². The molecule has 0 aliphatic heterocycles. The molecule has 4 atom stereocenters. The van der Waals surface area contributed by atoms with Crippen LogP contribution in [0.5, 0.6) is 0 Å². The van der Waals surface area contributed by atoms with Crippen molar-refractivity contribution >= 4 is 117 Å². The molecule has 838 valence electrons. The third kappa shape index (κ3) is 43.9. The van der Waals surface area contributed by atoms with Crippen LogP contribution >= 0.6 is 69.6 Å². The molecule has 15 rings (SSSR count). The number of halogens is 7. The van der Waals surface area contributed by atoms with Gasteiger partial charge in [-0.05, 0) is 337 Å². The molecule has 0 amide bonds. The number of carbonyl (C=O) groups excluding carboxylic acids is 5. The third-order valence-electron chi connectivity index (χ3n) is 27.6. The standard InChI is InChI=1S/C32H45NO5.C28H37NO5.C23H35NO6.C23H37NO5.C8H11N.2CHCl3.CH3F/c1-19(2)12-22-14-25(15-22)31-29(23-10-11-23)30(33-38-31)27(36-18-28(35)37-32(5,6)7)17-26(34)16-24-9-8-20(3)13-21(24)4;1-16(2)9-19-11-22(12-19)28-26(20-7-8-20)27(29-34-28)24(33-15-25(31)32)14-23(30)13-21-6-5-17(3)10-18(21)4;1-13(2)8-14-9-16(10-14)22-20(15-6-7-15)21(24-30-22)17(11-18(25)26)28-12-19(27)29-23(3,4)5;1-14(2)10-15-11-17(12-15)22-20(16-6-7-16)21(24-29-22)18(8-9-25)27-13-19(26)28-23(3,4)5;1-6-3-4-8(9)7(2)5-6;2*2-1(3)4;1-2/h8-9,13,19,22-23,25,27H,10-12,14-18H2,1-7H3;5-6,10,16,19-20,22,24H,7-9,11-15H2,1-4H3,(H,31,32);13-17H,6-12H2,1-5H3,(H,25,26);14-18,25H,6-13H2,1-5H3;3-5H,9H2,1-2H3;2*1H;1H3/i;;;;;;;1D. The summed E-state index contributed by atoms with van der Waals surface area (Å²) in [5, 5.41) is 45.7. The summed E-state index contributed by atoms with van der Waals surface area (Å²) in [6.45, 7) is 45.4. The Labute approximate surface area is 920 Å². The first-order valence-corrected chi connectivity index (χ1v) is 56.3. The Morgan fingerprint density at radius 2 is 0.640 bits per heavy atom. The minimum atomic E-state index is -1.06. The number of hydrogen-bond donors (Lipinski definition) is 4. The van der Waals surface area contributed by atoms with Crippen LogP contribution in [0.25, 0.3) is 0 Å². The van der Waals surface area contributed by atoms with Crippen LogP contribution in [0.2, 0.25) is 0 Å². The van der Waals surface area contributed by atoms with E-state index in [9.17, 15) is 53.3 Å². The molecule has 33 heteroatoms. The summed E-state index contributed by atoms with van der Waals surface area (Å²) in [5.41, 5.74) is 20.7. The van der Waals surface area contributed by atoms with Gasteiger partial charge in [0.15, 0.2) is 8.59 Å². The Balaban J connectivity index is 0.000000231. The SMILES string of the molecule is CC(C)CC1CC(c2onc(C(CC(=O)O)OCC(=O)OC(C)(C)C)c2C2CC2)C1.CC(C)CC1CC(c2onc(C(CCO)OCC(=O)OC(C)(C)C)c2C2CC2)C1.Cc1ccc(CC(=O)CC(OCC(=O)O)c2noc(C3CC(CC(C)C)C3)c2C2CC2)c(C)c1.Cc1ccc(CC(=O)CC(OCC(=O)OC(C)(C)C)c2noc(C3CC(CC(C)C)C3)c2C2CC2)c(C)c1.Cc1ccc(N)c(C)c1.ClC(Cl)Cl.ClC(Cl)Cl.[2H]CF. The summed E-state index contributed by atoms with van der Waals surface area (Å²) in [4.78, 5) is 85.7. The van der Waals surface area contributed by atoms with Crippen molar-refractivity contribution in [3.63, 3.8) is 0 Å². The number of nitrogen functional groups attached to an aromatic ring is 1. The first-order chi connectivity index (χ1) is 70.9. The van der Waals surface area contributed by atoms with E-state index in [1.165, 1.54) is 42.4 Å². The van der Waals surface area contributed by atoms with E-state index in [1.54, 1.807) is 20.8 Å². The van der Waals surface area contributed by atoms with Gasteiger partial charge in [-0.15, -0.1) is 0 Å². The molecule has 26 nitrogen and oxygen atoms in total. The van der Waals surface area contributed by atoms with E-state index in [1.807, 2.05) is 113 Å². The van der Waals surface area contributed by atoms with Crippen LogP contribution in [0.1, 0.15) is 458 Å². The summed E-state index contributed by atoms with van der Waals surface area (Å²) in [5.74, 6) is 9.38. The number of carboxylic acid groups (broad SMARTS) is 2. The minimum absolute atomic E-state index is 0.00859. The maximum Gasteiger partial charge on any atom is 0.332 e. The van der Waals surface area contributed by atoms with Gasteiger partial charge in [-0.2, -0.15) is 0 Å². The maximum atomic E-state index is 13.3. The van der Waals surface area contributed by atoms with Gasteiger partial charge in [-0.1, -0.05) is 211 Å². The van der Waals surface area contributed by atoms with E-state index < -0.39 is 93.4 Å². The predicted molar refractivity (Wildman–Crippen MR) is 586 cm³/mol. The first-order valence-electron chi connectivity index (χ1n) is 54.4. The molecule has 4 aromatic heterocycles. The van der Waals surface area contributed by atoms with Crippen LogP contribution in [0.3, 0.4) is 0 Å². The molecule has 150 heavy (non-hydrogen) atoms. The van der Waals surface area contributed by atoms with Gasteiger partial charge in [0.05, 0.1) is 14.9 Å². The van der Waals surface area contributed by atoms with Gasteiger partial charge in [0.25, 0.3) is 0 Å². The number of rotatable bonds is 44. The minimum Gasteiger partial charge on any atom is -0.481 e. The molecule has 8 fully saturated rings. The molecule has 5 N–H and O–H groups in total. The van der Waals surface area contributed by atoms with Gasteiger partial charge < -0.3 is 72.3 Å². The topological polar surface area (TPSA) is 375 Å². The highest BCUT2D eigenvalue weighted by Crippen LogP contribution is 2.58. The monoisotopic (exact) mass is 2210 g/mol. The molecule has 0 radical (unpaired) electrons. The number of aliphatic hydroxyl groups is 1. The fourth-order valence-corrected chi connectivity index (χ4v) is 20.7. The maximum absolute atomic E-state index is 13.3. The summed E-state index contributed by atoms with van der Waals surface area (Å²) < 4.78 is 77.0. The lowest BCUT2D eigenvalue weighted by molar-refractivity contribution is -0.164. The number of nitrogens with two attached hydrogens (primary N) is 1. The van der Waals surface area contributed by atoms with Crippen molar-refractivity contribution in [2.75, 3.05) is 45.9 Å². The number of aliphatic hydroxyl groups excluding tert-OH is 1. The van der Waals surface area contributed by atoms with E-state index >= 15 is 0 Å². The largest absolute Gasteiger partial charge is 0.481 e. The van der Waals surface area contributed by atoms with Gasteiger partial charge in [0.2, 0.25) is 0 Å². The number of ketones is 2. The fourth-order valence-electron chi connectivity index (χ4n) is 20.7.